The molecule has 2 rings (SSSR count). The minimum Gasteiger partial charge on any atom is -0.381 e. The van der Waals surface area contributed by atoms with Crippen molar-refractivity contribution in [3.63, 3.8) is 0 Å². The van der Waals surface area contributed by atoms with Crippen molar-refractivity contribution in [3.05, 3.63) is 11.7 Å². The second kappa shape index (κ2) is 6.12. The number of aryl methyl sites for hydroxylation is 1. The molecule has 1 aliphatic rings. The maximum Gasteiger partial charge on any atom is 0.226 e. The SMILES string of the molecule is CCCc1nc(CNC(C)C2CCOC2)no1. The minimum atomic E-state index is 0.436. The molecule has 5 nitrogen and oxygen atoms in total. The van der Waals surface area contributed by atoms with E-state index in [0.29, 0.717) is 18.5 Å². The van der Waals surface area contributed by atoms with E-state index in [9.17, 15) is 0 Å². The average molecular weight is 239 g/mol. The van der Waals surface area contributed by atoms with Crippen LogP contribution in [0.1, 0.15) is 38.4 Å². The summed E-state index contributed by atoms with van der Waals surface area (Å²) in [7, 11) is 0. The van der Waals surface area contributed by atoms with Crippen molar-refractivity contribution in [1.82, 2.24) is 15.5 Å². The third kappa shape index (κ3) is 3.51. The summed E-state index contributed by atoms with van der Waals surface area (Å²) in [4.78, 5) is 4.33. The summed E-state index contributed by atoms with van der Waals surface area (Å²) in [5, 5.41) is 7.38. The van der Waals surface area contributed by atoms with Gasteiger partial charge in [0.2, 0.25) is 5.89 Å². The predicted molar refractivity (Wildman–Crippen MR) is 63.5 cm³/mol. The molecule has 0 aromatic carbocycles. The molecule has 1 fully saturated rings. The van der Waals surface area contributed by atoms with Crippen LogP contribution in [-0.4, -0.2) is 29.4 Å². The fourth-order valence-corrected chi connectivity index (χ4v) is 2.04. The lowest BCUT2D eigenvalue weighted by molar-refractivity contribution is 0.178. The third-order valence-electron chi connectivity index (χ3n) is 3.23. The van der Waals surface area contributed by atoms with Crippen LogP contribution < -0.4 is 5.32 Å². The molecule has 0 aliphatic carbocycles. The number of hydrogen-bond acceptors (Lipinski definition) is 5. The standard InChI is InChI=1S/C12H21N3O2/c1-3-4-12-14-11(15-17-12)7-13-9(2)10-5-6-16-8-10/h9-10,13H,3-8H2,1-2H3. The van der Waals surface area contributed by atoms with E-state index in [2.05, 4.69) is 29.3 Å². The Labute approximate surface area is 102 Å². The largest absolute Gasteiger partial charge is 0.381 e. The van der Waals surface area contributed by atoms with Crippen LogP contribution in [0.2, 0.25) is 0 Å². The molecule has 2 heterocycles. The molecule has 1 aromatic heterocycles. The highest BCUT2D eigenvalue weighted by Gasteiger charge is 2.22. The Morgan fingerprint density at radius 1 is 1.53 bits per heavy atom. The van der Waals surface area contributed by atoms with Crippen LogP contribution in [0.4, 0.5) is 0 Å². The molecule has 1 N–H and O–H groups in total. The first-order valence-corrected chi connectivity index (χ1v) is 6.42. The topological polar surface area (TPSA) is 60.2 Å². The Morgan fingerprint density at radius 2 is 2.41 bits per heavy atom. The van der Waals surface area contributed by atoms with Crippen LogP contribution in [0.5, 0.6) is 0 Å². The van der Waals surface area contributed by atoms with Gasteiger partial charge in [-0.15, -0.1) is 0 Å². The first-order chi connectivity index (χ1) is 8.29. The van der Waals surface area contributed by atoms with Gasteiger partial charge in [0.15, 0.2) is 5.82 Å². The summed E-state index contributed by atoms with van der Waals surface area (Å²) in [5.74, 6) is 2.09. The van der Waals surface area contributed by atoms with Crippen LogP contribution in [-0.2, 0) is 17.7 Å². The van der Waals surface area contributed by atoms with E-state index in [1.165, 1.54) is 0 Å². The predicted octanol–water partition coefficient (Wildman–Crippen LogP) is 1.54. The van der Waals surface area contributed by atoms with Crippen LogP contribution >= 0.6 is 0 Å². The van der Waals surface area contributed by atoms with E-state index in [1.54, 1.807) is 0 Å². The van der Waals surface area contributed by atoms with Crippen molar-refractivity contribution in [2.45, 2.75) is 45.7 Å². The molecule has 5 heteroatoms. The molecule has 96 valence electrons. The van der Waals surface area contributed by atoms with Crippen molar-refractivity contribution in [2.75, 3.05) is 13.2 Å². The molecule has 0 radical (unpaired) electrons. The lowest BCUT2D eigenvalue weighted by Crippen LogP contribution is -2.33. The molecule has 2 atom stereocenters. The number of aromatic nitrogens is 2. The molecule has 0 spiro atoms. The second-order valence-corrected chi connectivity index (χ2v) is 4.65. The Balaban J connectivity index is 1.76. The second-order valence-electron chi connectivity index (χ2n) is 4.65. The summed E-state index contributed by atoms with van der Waals surface area (Å²) in [6, 6.07) is 0.436. The Bertz CT molecular complexity index is 334. The molecule has 0 amide bonds. The van der Waals surface area contributed by atoms with E-state index in [0.717, 1.165) is 44.2 Å². The first kappa shape index (κ1) is 12.5. The quantitative estimate of drug-likeness (QED) is 0.816. The maximum absolute atomic E-state index is 5.38. The van der Waals surface area contributed by atoms with Gasteiger partial charge in [0, 0.05) is 19.1 Å². The van der Waals surface area contributed by atoms with Gasteiger partial charge in [-0.1, -0.05) is 12.1 Å². The number of hydrogen-bond donors (Lipinski definition) is 1. The van der Waals surface area contributed by atoms with Gasteiger partial charge in [0.1, 0.15) is 0 Å². The number of nitrogens with zero attached hydrogens (tertiary/aromatic N) is 2. The zero-order chi connectivity index (χ0) is 12.1. The molecular formula is C12H21N3O2. The highest BCUT2D eigenvalue weighted by Crippen LogP contribution is 2.16. The Morgan fingerprint density at radius 3 is 3.12 bits per heavy atom. The molecule has 2 unspecified atom stereocenters. The summed E-state index contributed by atoms with van der Waals surface area (Å²) >= 11 is 0. The van der Waals surface area contributed by atoms with Crippen molar-refractivity contribution in [2.24, 2.45) is 5.92 Å². The molecular weight excluding hydrogens is 218 g/mol. The maximum atomic E-state index is 5.38. The molecule has 1 aliphatic heterocycles. The average Bonchev–Trinajstić information content (AvgIpc) is 2.97. The van der Waals surface area contributed by atoms with Crippen molar-refractivity contribution < 1.29 is 9.26 Å². The number of rotatable bonds is 6. The van der Waals surface area contributed by atoms with Crippen molar-refractivity contribution in [1.29, 1.82) is 0 Å². The van der Waals surface area contributed by atoms with E-state index in [1.807, 2.05) is 0 Å². The van der Waals surface area contributed by atoms with Gasteiger partial charge in [0.25, 0.3) is 0 Å². The fraction of sp³-hybridized carbons (Fsp3) is 0.833. The monoisotopic (exact) mass is 239 g/mol. The Hall–Kier alpha value is -0.940. The first-order valence-electron chi connectivity index (χ1n) is 6.42. The third-order valence-corrected chi connectivity index (χ3v) is 3.23. The fourth-order valence-electron chi connectivity index (χ4n) is 2.04. The highest BCUT2D eigenvalue weighted by atomic mass is 16.5. The molecule has 0 bridgehead atoms. The van der Waals surface area contributed by atoms with Gasteiger partial charge in [-0.05, 0) is 25.7 Å². The summed E-state index contributed by atoms with van der Waals surface area (Å²) in [5.41, 5.74) is 0. The summed E-state index contributed by atoms with van der Waals surface area (Å²) in [6.45, 7) is 6.71. The van der Waals surface area contributed by atoms with E-state index >= 15 is 0 Å². The van der Waals surface area contributed by atoms with E-state index in [-0.39, 0.29) is 0 Å². The van der Waals surface area contributed by atoms with Gasteiger partial charge in [-0.2, -0.15) is 4.98 Å². The smallest absolute Gasteiger partial charge is 0.226 e. The van der Waals surface area contributed by atoms with Gasteiger partial charge < -0.3 is 14.6 Å². The summed E-state index contributed by atoms with van der Waals surface area (Å²) in [6.07, 6.45) is 3.03. The molecule has 0 saturated carbocycles. The molecule has 17 heavy (non-hydrogen) atoms. The van der Waals surface area contributed by atoms with Gasteiger partial charge in [-0.3, -0.25) is 0 Å². The zero-order valence-electron chi connectivity index (χ0n) is 10.6. The van der Waals surface area contributed by atoms with Crippen LogP contribution in [0, 0.1) is 5.92 Å². The summed E-state index contributed by atoms with van der Waals surface area (Å²) < 4.78 is 10.5. The van der Waals surface area contributed by atoms with Gasteiger partial charge in [0.05, 0.1) is 13.2 Å². The molecule has 1 saturated heterocycles. The minimum absolute atomic E-state index is 0.436. The Kier molecular flexibility index (Phi) is 4.50. The van der Waals surface area contributed by atoms with Gasteiger partial charge in [-0.25, -0.2) is 0 Å². The van der Waals surface area contributed by atoms with Crippen molar-refractivity contribution in [3.8, 4) is 0 Å². The molecule has 1 aromatic rings. The highest BCUT2D eigenvalue weighted by molar-refractivity contribution is 4.87. The normalized spacial score (nSPS) is 21.9. The zero-order valence-corrected chi connectivity index (χ0v) is 10.6. The van der Waals surface area contributed by atoms with Gasteiger partial charge >= 0.3 is 0 Å². The van der Waals surface area contributed by atoms with Crippen LogP contribution in [0.25, 0.3) is 0 Å². The van der Waals surface area contributed by atoms with E-state index < -0.39 is 0 Å². The lowest BCUT2D eigenvalue weighted by atomic mass is 10.0. The van der Waals surface area contributed by atoms with E-state index in [4.69, 9.17) is 9.26 Å². The van der Waals surface area contributed by atoms with Crippen LogP contribution in [0.15, 0.2) is 4.52 Å². The number of nitrogens with one attached hydrogen (secondary N) is 1. The van der Waals surface area contributed by atoms with Crippen LogP contribution in [0.3, 0.4) is 0 Å². The van der Waals surface area contributed by atoms with Crippen molar-refractivity contribution >= 4 is 0 Å². The number of ether oxygens (including phenoxy) is 1. The lowest BCUT2D eigenvalue weighted by Gasteiger charge is -2.17.